The number of fused-ring (bicyclic) bond motifs is 5. The number of rotatable bonds is 3. The van der Waals surface area contributed by atoms with Gasteiger partial charge in [0.25, 0.3) is 0 Å². The lowest BCUT2D eigenvalue weighted by molar-refractivity contribution is 0.661. The van der Waals surface area contributed by atoms with Crippen LogP contribution in [-0.2, 0) is 5.41 Å². The third-order valence-corrected chi connectivity index (χ3v) is 8.63. The molecule has 0 unspecified atom stereocenters. The standard InChI is InChI=1S/C39H28N2/c1-39(2)33-23-29(17-19-31(33)32-21-27-15-9-10-16-28(27)22-34(32)39)30-18-20-35-36(24-30)41-38(26-13-7-4-8-14-26)37(40-35)25-11-5-3-6-12-25/h3-24H,1-2H3. The first-order chi connectivity index (χ1) is 20.1. The van der Waals surface area contributed by atoms with Gasteiger partial charge in [0.05, 0.1) is 22.4 Å². The molecule has 1 aromatic heterocycles. The van der Waals surface area contributed by atoms with Crippen molar-refractivity contribution in [2.24, 2.45) is 0 Å². The van der Waals surface area contributed by atoms with Crippen LogP contribution in [0.25, 0.3) is 66.6 Å². The second-order valence-electron chi connectivity index (χ2n) is 11.5. The SMILES string of the molecule is CC1(C)c2cc(-c3ccc4nc(-c5ccccc5)c(-c5ccccc5)nc4c3)ccc2-c2cc3ccccc3cc21. The minimum Gasteiger partial charge on any atom is -0.244 e. The van der Waals surface area contributed by atoms with E-state index in [0.717, 1.165) is 39.1 Å². The lowest BCUT2D eigenvalue weighted by Crippen LogP contribution is -2.15. The van der Waals surface area contributed by atoms with E-state index in [1.165, 1.54) is 38.6 Å². The van der Waals surface area contributed by atoms with Gasteiger partial charge in [0.2, 0.25) is 0 Å². The van der Waals surface area contributed by atoms with Crippen LogP contribution in [0.5, 0.6) is 0 Å². The summed E-state index contributed by atoms with van der Waals surface area (Å²) >= 11 is 0. The molecule has 1 aliphatic rings. The number of aromatic nitrogens is 2. The molecule has 41 heavy (non-hydrogen) atoms. The summed E-state index contributed by atoms with van der Waals surface area (Å²) in [4.78, 5) is 10.3. The van der Waals surface area contributed by atoms with Crippen LogP contribution in [0.4, 0.5) is 0 Å². The Labute approximate surface area is 240 Å². The Kier molecular flexibility index (Phi) is 5.20. The normalized spacial score (nSPS) is 13.3. The topological polar surface area (TPSA) is 25.8 Å². The van der Waals surface area contributed by atoms with Crippen molar-refractivity contribution in [3.05, 3.63) is 145 Å². The van der Waals surface area contributed by atoms with Gasteiger partial charge in [-0.05, 0) is 74.5 Å². The first-order valence-electron chi connectivity index (χ1n) is 14.2. The number of nitrogens with zero attached hydrogens (tertiary/aromatic N) is 2. The summed E-state index contributed by atoms with van der Waals surface area (Å²) in [7, 11) is 0. The van der Waals surface area contributed by atoms with Crippen molar-refractivity contribution in [1.82, 2.24) is 9.97 Å². The fourth-order valence-electron chi connectivity index (χ4n) is 6.43. The van der Waals surface area contributed by atoms with Crippen molar-refractivity contribution in [2.45, 2.75) is 19.3 Å². The molecule has 0 atom stereocenters. The smallest absolute Gasteiger partial charge is 0.0973 e. The van der Waals surface area contributed by atoms with Gasteiger partial charge < -0.3 is 0 Å². The molecule has 2 nitrogen and oxygen atoms in total. The zero-order valence-electron chi connectivity index (χ0n) is 23.1. The van der Waals surface area contributed by atoms with Crippen molar-refractivity contribution < 1.29 is 0 Å². The zero-order chi connectivity index (χ0) is 27.6. The Hall–Kier alpha value is -5.08. The molecule has 194 valence electrons. The molecule has 0 bridgehead atoms. The summed E-state index contributed by atoms with van der Waals surface area (Å²) in [6.45, 7) is 4.69. The van der Waals surface area contributed by atoms with Crippen molar-refractivity contribution >= 4 is 21.8 Å². The van der Waals surface area contributed by atoms with E-state index < -0.39 is 0 Å². The molecule has 0 saturated heterocycles. The molecule has 0 radical (unpaired) electrons. The number of benzene rings is 6. The molecule has 0 aliphatic heterocycles. The third-order valence-electron chi connectivity index (χ3n) is 8.63. The predicted molar refractivity (Wildman–Crippen MR) is 171 cm³/mol. The second-order valence-corrected chi connectivity index (χ2v) is 11.5. The number of hydrogen-bond acceptors (Lipinski definition) is 2. The van der Waals surface area contributed by atoms with Gasteiger partial charge in [-0.2, -0.15) is 0 Å². The van der Waals surface area contributed by atoms with Gasteiger partial charge in [0.1, 0.15) is 0 Å². The highest BCUT2D eigenvalue weighted by atomic mass is 14.8. The molecule has 1 aliphatic carbocycles. The maximum atomic E-state index is 5.21. The number of hydrogen-bond donors (Lipinski definition) is 0. The molecule has 0 saturated carbocycles. The van der Waals surface area contributed by atoms with E-state index in [1.807, 2.05) is 12.1 Å². The molecule has 7 aromatic rings. The van der Waals surface area contributed by atoms with Gasteiger partial charge >= 0.3 is 0 Å². The maximum absolute atomic E-state index is 5.21. The minimum atomic E-state index is -0.0770. The average molecular weight is 525 g/mol. The summed E-state index contributed by atoms with van der Waals surface area (Å²) in [5.74, 6) is 0. The quantitative estimate of drug-likeness (QED) is 0.230. The van der Waals surface area contributed by atoms with Gasteiger partial charge in [0, 0.05) is 16.5 Å². The zero-order valence-corrected chi connectivity index (χ0v) is 23.1. The summed E-state index contributed by atoms with van der Waals surface area (Å²) in [5, 5.41) is 2.58. The second kappa shape index (κ2) is 8.97. The molecule has 0 spiro atoms. The summed E-state index contributed by atoms with van der Waals surface area (Å²) in [6, 6.07) is 47.5. The largest absolute Gasteiger partial charge is 0.244 e. The van der Waals surface area contributed by atoms with Crippen molar-refractivity contribution in [1.29, 1.82) is 0 Å². The Balaban J connectivity index is 1.27. The van der Waals surface area contributed by atoms with Crippen LogP contribution in [0, 0.1) is 0 Å². The Bertz CT molecular complexity index is 2110. The third kappa shape index (κ3) is 3.79. The van der Waals surface area contributed by atoms with E-state index in [0.29, 0.717) is 0 Å². The van der Waals surface area contributed by atoms with Crippen LogP contribution in [0.15, 0.2) is 133 Å². The molecule has 6 aromatic carbocycles. The van der Waals surface area contributed by atoms with Crippen LogP contribution in [0.1, 0.15) is 25.0 Å². The first-order valence-corrected chi connectivity index (χ1v) is 14.2. The summed E-state index contributed by atoms with van der Waals surface area (Å²) < 4.78 is 0. The fourth-order valence-corrected chi connectivity index (χ4v) is 6.43. The van der Waals surface area contributed by atoms with Crippen LogP contribution in [-0.4, -0.2) is 9.97 Å². The van der Waals surface area contributed by atoms with Crippen LogP contribution < -0.4 is 0 Å². The van der Waals surface area contributed by atoms with E-state index in [1.54, 1.807) is 0 Å². The summed E-state index contributed by atoms with van der Waals surface area (Å²) in [5.41, 5.74) is 13.5. The van der Waals surface area contributed by atoms with Gasteiger partial charge in [0.15, 0.2) is 0 Å². The highest BCUT2D eigenvalue weighted by Gasteiger charge is 2.35. The van der Waals surface area contributed by atoms with Crippen molar-refractivity contribution in [2.75, 3.05) is 0 Å². The van der Waals surface area contributed by atoms with Crippen LogP contribution in [0.2, 0.25) is 0 Å². The van der Waals surface area contributed by atoms with Gasteiger partial charge in [-0.3, -0.25) is 0 Å². The first kappa shape index (κ1) is 23.8. The molecule has 8 rings (SSSR count). The van der Waals surface area contributed by atoms with Gasteiger partial charge in [-0.25, -0.2) is 9.97 Å². The monoisotopic (exact) mass is 524 g/mol. The van der Waals surface area contributed by atoms with Crippen molar-refractivity contribution in [3.8, 4) is 44.8 Å². The lowest BCUT2D eigenvalue weighted by atomic mass is 9.81. The van der Waals surface area contributed by atoms with Crippen LogP contribution >= 0.6 is 0 Å². The van der Waals surface area contributed by atoms with Gasteiger partial charge in [-0.1, -0.05) is 117 Å². The van der Waals surface area contributed by atoms with E-state index in [9.17, 15) is 0 Å². The van der Waals surface area contributed by atoms with E-state index in [4.69, 9.17) is 9.97 Å². The fraction of sp³-hybridized carbons (Fsp3) is 0.0769. The Morgan fingerprint density at radius 3 is 1.63 bits per heavy atom. The van der Waals surface area contributed by atoms with Crippen LogP contribution in [0.3, 0.4) is 0 Å². The van der Waals surface area contributed by atoms with Gasteiger partial charge in [-0.15, -0.1) is 0 Å². The van der Waals surface area contributed by atoms with E-state index in [-0.39, 0.29) is 5.41 Å². The molecular weight excluding hydrogens is 496 g/mol. The lowest BCUT2D eigenvalue weighted by Gasteiger charge is -2.22. The highest BCUT2D eigenvalue weighted by molar-refractivity contribution is 5.95. The summed E-state index contributed by atoms with van der Waals surface area (Å²) in [6.07, 6.45) is 0. The maximum Gasteiger partial charge on any atom is 0.0973 e. The average Bonchev–Trinajstić information content (AvgIpc) is 3.25. The predicted octanol–water partition coefficient (Wildman–Crippen LogP) is 10.1. The molecule has 0 amide bonds. The molecule has 0 fully saturated rings. The molecule has 1 heterocycles. The molecule has 2 heteroatoms. The highest BCUT2D eigenvalue weighted by Crippen LogP contribution is 2.50. The Morgan fingerprint density at radius 1 is 0.415 bits per heavy atom. The van der Waals surface area contributed by atoms with E-state index in [2.05, 4.69) is 135 Å². The van der Waals surface area contributed by atoms with E-state index >= 15 is 0 Å². The molecular formula is C39H28N2. The Morgan fingerprint density at radius 2 is 0.951 bits per heavy atom. The minimum absolute atomic E-state index is 0.0770. The molecule has 0 N–H and O–H groups in total. The van der Waals surface area contributed by atoms with Crippen molar-refractivity contribution in [3.63, 3.8) is 0 Å².